The van der Waals surface area contributed by atoms with Crippen molar-refractivity contribution in [2.75, 3.05) is 11.4 Å². The molecule has 1 aromatic rings. The fourth-order valence-electron chi connectivity index (χ4n) is 2.92. The van der Waals surface area contributed by atoms with Crippen molar-refractivity contribution in [2.24, 2.45) is 5.92 Å². The minimum absolute atomic E-state index is 0.160. The molecule has 0 saturated carbocycles. The lowest BCUT2D eigenvalue weighted by Gasteiger charge is -2.38. The van der Waals surface area contributed by atoms with Gasteiger partial charge in [0.15, 0.2) is 0 Å². The number of aromatic nitrogens is 1. The summed E-state index contributed by atoms with van der Waals surface area (Å²) in [4.78, 5) is 18.4. The predicted octanol–water partition coefficient (Wildman–Crippen LogP) is 3.70. The number of hydrogen-bond acceptors (Lipinski definition) is 3. The fraction of sp³-hybridized carbons (Fsp3) is 0.647. The van der Waals surface area contributed by atoms with Crippen LogP contribution in [0.15, 0.2) is 12.1 Å². The number of carbonyl (C=O) groups is 1. The van der Waals surface area contributed by atoms with E-state index in [9.17, 15) is 9.90 Å². The van der Waals surface area contributed by atoms with Crippen molar-refractivity contribution < 1.29 is 9.90 Å². The second kappa shape index (κ2) is 5.66. The van der Waals surface area contributed by atoms with E-state index in [1.165, 1.54) is 0 Å². The Morgan fingerprint density at radius 3 is 2.52 bits per heavy atom. The van der Waals surface area contributed by atoms with E-state index < -0.39 is 5.97 Å². The molecule has 1 aliphatic heterocycles. The zero-order valence-electron chi connectivity index (χ0n) is 13.7. The molecule has 2 unspecified atom stereocenters. The molecule has 1 fully saturated rings. The third-order valence-electron chi connectivity index (χ3n) is 4.26. The summed E-state index contributed by atoms with van der Waals surface area (Å²) in [7, 11) is 0. The second-order valence-corrected chi connectivity index (χ2v) is 7.33. The number of carboxylic acid groups (broad SMARTS) is 1. The van der Waals surface area contributed by atoms with Gasteiger partial charge in [0.05, 0.1) is 5.56 Å². The molecule has 4 nitrogen and oxygen atoms in total. The summed E-state index contributed by atoms with van der Waals surface area (Å²) in [6, 6.07) is 3.81. The first-order valence-electron chi connectivity index (χ1n) is 7.71. The van der Waals surface area contributed by atoms with Crippen LogP contribution >= 0.6 is 0 Å². The van der Waals surface area contributed by atoms with E-state index >= 15 is 0 Å². The zero-order chi connectivity index (χ0) is 15.8. The van der Waals surface area contributed by atoms with Crippen LogP contribution in [-0.2, 0) is 5.41 Å². The molecular formula is C17H26N2O2. The van der Waals surface area contributed by atoms with Crippen molar-refractivity contribution in [1.29, 1.82) is 0 Å². The van der Waals surface area contributed by atoms with Gasteiger partial charge in [-0.2, -0.15) is 0 Å². The Morgan fingerprint density at radius 1 is 1.33 bits per heavy atom. The maximum absolute atomic E-state index is 11.4. The molecule has 0 aromatic carbocycles. The largest absolute Gasteiger partial charge is 0.478 e. The van der Waals surface area contributed by atoms with Crippen LogP contribution in [-0.4, -0.2) is 28.6 Å². The third kappa shape index (κ3) is 3.55. The van der Waals surface area contributed by atoms with Crippen LogP contribution < -0.4 is 4.90 Å². The molecule has 2 heterocycles. The molecule has 2 rings (SSSR count). The van der Waals surface area contributed by atoms with Gasteiger partial charge in [-0.15, -0.1) is 0 Å². The molecular weight excluding hydrogens is 264 g/mol. The lowest BCUT2D eigenvalue weighted by molar-refractivity contribution is 0.0696. The van der Waals surface area contributed by atoms with E-state index in [0.717, 1.165) is 36.8 Å². The summed E-state index contributed by atoms with van der Waals surface area (Å²) in [5.74, 6) is 0.641. The van der Waals surface area contributed by atoms with Gasteiger partial charge in [-0.25, -0.2) is 9.78 Å². The lowest BCUT2D eigenvalue weighted by Crippen LogP contribution is -2.41. The van der Waals surface area contributed by atoms with Gasteiger partial charge in [0.25, 0.3) is 0 Å². The number of nitrogens with zero attached hydrogens (tertiary/aromatic N) is 2. The maximum atomic E-state index is 11.4. The number of hydrogen-bond donors (Lipinski definition) is 1. The highest BCUT2D eigenvalue weighted by molar-refractivity contribution is 5.88. The Kier molecular flexibility index (Phi) is 4.26. The Balaban J connectivity index is 2.43. The van der Waals surface area contributed by atoms with Gasteiger partial charge in [-0.1, -0.05) is 27.7 Å². The number of piperidine rings is 1. The van der Waals surface area contributed by atoms with Crippen molar-refractivity contribution in [3.05, 3.63) is 23.4 Å². The first-order chi connectivity index (χ1) is 9.68. The van der Waals surface area contributed by atoms with E-state index in [0.29, 0.717) is 11.6 Å². The highest BCUT2D eigenvalue weighted by atomic mass is 16.4. The smallest absolute Gasteiger partial charge is 0.335 e. The first kappa shape index (κ1) is 15.8. The van der Waals surface area contributed by atoms with Crippen LogP contribution in [0, 0.1) is 5.92 Å². The molecule has 0 spiro atoms. The van der Waals surface area contributed by atoms with E-state index in [-0.39, 0.29) is 5.41 Å². The summed E-state index contributed by atoms with van der Waals surface area (Å²) in [6.45, 7) is 11.6. The first-order valence-corrected chi connectivity index (χ1v) is 7.71. The van der Waals surface area contributed by atoms with Gasteiger partial charge in [-0.3, -0.25) is 0 Å². The van der Waals surface area contributed by atoms with Gasteiger partial charge < -0.3 is 10.0 Å². The molecule has 1 aliphatic rings. The molecule has 0 bridgehead atoms. The van der Waals surface area contributed by atoms with Crippen LogP contribution in [0.25, 0.3) is 0 Å². The molecule has 21 heavy (non-hydrogen) atoms. The van der Waals surface area contributed by atoms with E-state index in [2.05, 4.69) is 39.5 Å². The van der Waals surface area contributed by atoms with Crippen molar-refractivity contribution in [2.45, 2.75) is 58.9 Å². The van der Waals surface area contributed by atoms with Gasteiger partial charge in [-0.05, 0) is 37.8 Å². The molecule has 0 amide bonds. The fourth-order valence-corrected chi connectivity index (χ4v) is 2.92. The summed E-state index contributed by atoms with van der Waals surface area (Å²) < 4.78 is 0. The summed E-state index contributed by atoms with van der Waals surface area (Å²) >= 11 is 0. The average Bonchev–Trinajstić information content (AvgIpc) is 2.37. The molecule has 0 radical (unpaired) electrons. The number of anilines is 1. The predicted molar refractivity (Wildman–Crippen MR) is 85.1 cm³/mol. The van der Waals surface area contributed by atoms with Crippen LogP contribution in [0.4, 0.5) is 5.82 Å². The Bertz CT molecular complexity index is 534. The minimum Gasteiger partial charge on any atom is -0.478 e. The van der Waals surface area contributed by atoms with Crippen LogP contribution in [0.5, 0.6) is 0 Å². The molecule has 0 aliphatic carbocycles. The van der Waals surface area contributed by atoms with Crippen molar-refractivity contribution in [3.8, 4) is 0 Å². The molecule has 116 valence electrons. The molecule has 2 atom stereocenters. The Labute approximate surface area is 127 Å². The van der Waals surface area contributed by atoms with E-state index in [4.69, 9.17) is 4.98 Å². The van der Waals surface area contributed by atoms with Crippen molar-refractivity contribution in [1.82, 2.24) is 4.98 Å². The van der Waals surface area contributed by atoms with Crippen LogP contribution in [0.2, 0.25) is 0 Å². The van der Waals surface area contributed by atoms with Crippen LogP contribution in [0.3, 0.4) is 0 Å². The van der Waals surface area contributed by atoms with Crippen LogP contribution in [0.1, 0.15) is 63.5 Å². The molecule has 1 aromatic heterocycles. The standard InChI is InChI=1S/C17H26N2O2/c1-11-6-7-19(12(2)8-11)15-10-13(16(20)21)9-14(18-15)17(3,4)5/h9-12H,6-8H2,1-5H3,(H,20,21). The van der Waals surface area contributed by atoms with Gasteiger partial charge in [0.2, 0.25) is 0 Å². The van der Waals surface area contributed by atoms with Crippen molar-refractivity contribution >= 4 is 11.8 Å². The highest BCUT2D eigenvalue weighted by Crippen LogP contribution is 2.30. The molecule has 4 heteroatoms. The summed E-state index contributed by atoms with van der Waals surface area (Å²) in [5, 5.41) is 9.36. The Hall–Kier alpha value is -1.58. The molecule has 1 N–H and O–H groups in total. The number of carboxylic acids is 1. The monoisotopic (exact) mass is 290 g/mol. The summed E-state index contributed by atoms with van der Waals surface area (Å²) in [5.41, 5.74) is 1.01. The quantitative estimate of drug-likeness (QED) is 0.902. The normalized spacial score (nSPS) is 23.2. The Morgan fingerprint density at radius 2 is 2.00 bits per heavy atom. The maximum Gasteiger partial charge on any atom is 0.335 e. The topological polar surface area (TPSA) is 53.4 Å². The minimum atomic E-state index is -0.887. The zero-order valence-corrected chi connectivity index (χ0v) is 13.7. The molecule has 1 saturated heterocycles. The SMILES string of the molecule is CC1CCN(c2cc(C(=O)O)cc(C(C)(C)C)n2)C(C)C1. The number of pyridine rings is 1. The van der Waals surface area contributed by atoms with E-state index in [1.807, 2.05) is 0 Å². The highest BCUT2D eigenvalue weighted by Gasteiger charge is 2.26. The van der Waals surface area contributed by atoms with Crippen molar-refractivity contribution in [3.63, 3.8) is 0 Å². The number of aromatic carboxylic acids is 1. The average molecular weight is 290 g/mol. The van der Waals surface area contributed by atoms with Gasteiger partial charge in [0.1, 0.15) is 5.82 Å². The third-order valence-corrected chi connectivity index (χ3v) is 4.26. The van der Waals surface area contributed by atoms with Gasteiger partial charge >= 0.3 is 5.97 Å². The van der Waals surface area contributed by atoms with Gasteiger partial charge in [0, 0.05) is 23.7 Å². The lowest BCUT2D eigenvalue weighted by atomic mass is 9.90. The summed E-state index contributed by atoms with van der Waals surface area (Å²) in [6.07, 6.45) is 2.26. The second-order valence-electron chi connectivity index (χ2n) is 7.33. The number of rotatable bonds is 2. The van der Waals surface area contributed by atoms with E-state index in [1.54, 1.807) is 12.1 Å².